The Hall–Kier alpha value is -1.10. The quantitative estimate of drug-likeness (QED) is 0.800. The van der Waals surface area contributed by atoms with Crippen LogP contribution in [0.15, 0.2) is 0 Å². The van der Waals surface area contributed by atoms with E-state index in [9.17, 15) is 5.26 Å². The molecule has 4 atom stereocenters. The van der Waals surface area contributed by atoms with E-state index in [-0.39, 0.29) is 17.1 Å². The zero-order chi connectivity index (χ0) is 15.8. The molecule has 0 amide bonds. The van der Waals surface area contributed by atoms with Gasteiger partial charge in [0, 0.05) is 26.1 Å². The number of hydrogen-bond acceptors (Lipinski definition) is 4. The summed E-state index contributed by atoms with van der Waals surface area (Å²) in [7, 11) is 0. The van der Waals surface area contributed by atoms with Gasteiger partial charge >= 0.3 is 0 Å². The summed E-state index contributed by atoms with van der Waals surface area (Å²) in [6, 6.07) is 4.55. The van der Waals surface area contributed by atoms with Crippen molar-refractivity contribution in [2.75, 3.05) is 19.6 Å². The minimum absolute atomic E-state index is 0.0277. The highest BCUT2D eigenvalue weighted by Crippen LogP contribution is 2.55. The van der Waals surface area contributed by atoms with Gasteiger partial charge in [0.1, 0.15) is 0 Å². The Morgan fingerprint density at radius 3 is 2.68 bits per heavy atom. The number of fused-ring (bicyclic) bond motifs is 3. The highest BCUT2D eigenvalue weighted by atomic mass is 16.5. The molecule has 0 aromatic carbocycles. The predicted molar refractivity (Wildman–Crippen MR) is 83.7 cm³/mol. The zero-order valence-electron chi connectivity index (χ0n) is 13.8. The standard InChI is InChI=1S/C18H27N3O/c1-17(2)12-21(11-15(10-20)4-3-7-19)13-18(22-17)9-14-5-6-16(18)8-14/h14-16H,3-6,8-9,11-13H2,1-2H3/t14-,15-,16+,18+/m1/s1. The molecule has 1 aliphatic heterocycles. The van der Waals surface area contributed by atoms with Gasteiger partial charge in [0.2, 0.25) is 0 Å². The van der Waals surface area contributed by atoms with Crippen LogP contribution >= 0.6 is 0 Å². The van der Waals surface area contributed by atoms with Gasteiger partial charge in [-0.1, -0.05) is 0 Å². The van der Waals surface area contributed by atoms with Crippen LogP contribution in [0.4, 0.5) is 0 Å². The van der Waals surface area contributed by atoms with E-state index in [1.807, 2.05) is 0 Å². The van der Waals surface area contributed by atoms with Crippen LogP contribution in [-0.2, 0) is 4.74 Å². The van der Waals surface area contributed by atoms with E-state index < -0.39 is 0 Å². The molecule has 1 heterocycles. The summed E-state index contributed by atoms with van der Waals surface area (Å²) in [5, 5.41) is 18.1. The highest BCUT2D eigenvalue weighted by Gasteiger charge is 2.56. The Morgan fingerprint density at radius 1 is 1.27 bits per heavy atom. The molecule has 3 fully saturated rings. The maximum absolute atomic E-state index is 9.36. The molecule has 0 aromatic rings. The first-order valence-electron chi connectivity index (χ1n) is 8.65. The minimum atomic E-state index is -0.141. The number of rotatable bonds is 4. The third kappa shape index (κ3) is 3.00. The molecule has 3 rings (SSSR count). The van der Waals surface area contributed by atoms with E-state index in [1.54, 1.807) is 0 Å². The Labute approximate surface area is 134 Å². The molecule has 2 bridgehead atoms. The second-order valence-electron chi connectivity index (χ2n) is 8.20. The molecule has 22 heavy (non-hydrogen) atoms. The summed E-state index contributed by atoms with van der Waals surface area (Å²) in [5.41, 5.74) is -0.113. The second kappa shape index (κ2) is 5.84. The average molecular weight is 301 g/mol. The van der Waals surface area contributed by atoms with Crippen molar-refractivity contribution >= 4 is 0 Å². The third-order valence-electron chi connectivity index (χ3n) is 5.76. The number of hydrogen-bond donors (Lipinski definition) is 0. The molecule has 0 unspecified atom stereocenters. The lowest BCUT2D eigenvalue weighted by atomic mass is 9.80. The Morgan fingerprint density at radius 2 is 2.09 bits per heavy atom. The van der Waals surface area contributed by atoms with E-state index in [0.29, 0.717) is 18.8 Å². The maximum Gasteiger partial charge on any atom is 0.0847 e. The lowest BCUT2D eigenvalue weighted by Crippen LogP contribution is -2.62. The number of nitrogens with zero attached hydrogens (tertiary/aromatic N) is 3. The van der Waals surface area contributed by atoms with Gasteiger partial charge in [0.05, 0.1) is 29.3 Å². The molecular formula is C18H27N3O. The van der Waals surface area contributed by atoms with Crippen molar-refractivity contribution in [2.45, 2.75) is 63.6 Å². The molecule has 1 spiro atoms. The molecule has 1 saturated heterocycles. The Kier molecular flexibility index (Phi) is 4.19. The topological polar surface area (TPSA) is 60.0 Å². The third-order valence-corrected chi connectivity index (χ3v) is 5.76. The minimum Gasteiger partial charge on any atom is -0.366 e. The van der Waals surface area contributed by atoms with E-state index in [0.717, 1.165) is 25.6 Å². The molecule has 2 saturated carbocycles. The Bertz CT molecular complexity index is 503. The number of morpholine rings is 1. The molecule has 120 valence electrons. The number of nitriles is 2. The predicted octanol–water partition coefficient (Wildman–Crippen LogP) is 3.10. The van der Waals surface area contributed by atoms with Crippen molar-refractivity contribution in [1.29, 1.82) is 10.5 Å². The fraction of sp³-hybridized carbons (Fsp3) is 0.889. The van der Waals surface area contributed by atoms with Crippen LogP contribution in [0.2, 0.25) is 0 Å². The monoisotopic (exact) mass is 301 g/mol. The fourth-order valence-corrected chi connectivity index (χ4v) is 5.18. The highest BCUT2D eigenvalue weighted by molar-refractivity contribution is 5.08. The SMILES string of the molecule is CC1(C)CN(C[C@@H](C#N)CCC#N)C[C@]2(C[C@@H]3CC[C@H]2C3)O1. The van der Waals surface area contributed by atoms with E-state index in [1.165, 1.54) is 25.7 Å². The smallest absolute Gasteiger partial charge is 0.0847 e. The maximum atomic E-state index is 9.36. The summed E-state index contributed by atoms with van der Waals surface area (Å²) in [6.07, 6.45) is 6.38. The largest absolute Gasteiger partial charge is 0.366 e. The van der Waals surface area contributed by atoms with E-state index in [2.05, 4.69) is 30.9 Å². The lowest BCUT2D eigenvalue weighted by Gasteiger charge is -2.52. The first-order chi connectivity index (χ1) is 10.5. The van der Waals surface area contributed by atoms with Gasteiger partial charge in [0.15, 0.2) is 0 Å². The average Bonchev–Trinajstić information content (AvgIpc) is 3.01. The fourth-order valence-electron chi connectivity index (χ4n) is 5.18. The van der Waals surface area contributed by atoms with Gasteiger partial charge in [-0.3, -0.25) is 4.90 Å². The van der Waals surface area contributed by atoms with Crippen LogP contribution in [-0.4, -0.2) is 35.7 Å². The van der Waals surface area contributed by atoms with Crippen LogP contribution < -0.4 is 0 Å². The van der Waals surface area contributed by atoms with E-state index in [4.69, 9.17) is 10.00 Å². The molecule has 4 heteroatoms. The lowest BCUT2D eigenvalue weighted by molar-refractivity contribution is -0.217. The van der Waals surface area contributed by atoms with Crippen LogP contribution in [0.1, 0.15) is 52.4 Å². The van der Waals surface area contributed by atoms with Crippen molar-refractivity contribution in [3.63, 3.8) is 0 Å². The molecule has 3 aliphatic rings. The molecular weight excluding hydrogens is 274 g/mol. The van der Waals surface area contributed by atoms with Crippen LogP contribution in [0, 0.1) is 40.4 Å². The van der Waals surface area contributed by atoms with Crippen LogP contribution in [0.5, 0.6) is 0 Å². The molecule has 0 N–H and O–H groups in total. The van der Waals surface area contributed by atoms with Gasteiger partial charge in [-0.2, -0.15) is 10.5 Å². The summed E-state index contributed by atoms with van der Waals surface area (Å²) in [4.78, 5) is 2.44. The summed E-state index contributed by atoms with van der Waals surface area (Å²) in [6.45, 7) is 7.01. The summed E-state index contributed by atoms with van der Waals surface area (Å²) >= 11 is 0. The van der Waals surface area contributed by atoms with Crippen molar-refractivity contribution in [3.05, 3.63) is 0 Å². The van der Waals surface area contributed by atoms with Gasteiger partial charge in [-0.25, -0.2) is 0 Å². The van der Waals surface area contributed by atoms with Crippen molar-refractivity contribution < 1.29 is 4.74 Å². The number of ether oxygens (including phenoxy) is 1. The van der Waals surface area contributed by atoms with Crippen LogP contribution in [0.3, 0.4) is 0 Å². The second-order valence-corrected chi connectivity index (χ2v) is 8.20. The van der Waals surface area contributed by atoms with E-state index >= 15 is 0 Å². The first-order valence-corrected chi connectivity index (χ1v) is 8.65. The molecule has 4 nitrogen and oxygen atoms in total. The Balaban J connectivity index is 1.70. The van der Waals surface area contributed by atoms with Gasteiger partial charge in [0.25, 0.3) is 0 Å². The van der Waals surface area contributed by atoms with Crippen molar-refractivity contribution in [1.82, 2.24) is 4.90 Å². The first kappa shape index (κ1) is 15.8. The van der Waals surface area contributed by atoms with Crippen molar-refractivity contribution in [3.8, 4) is 12.1 Å². The van der Waals surface area contributed by atoms with Crippen molar-refractivity contribution in [2.24, 2.45) is 17.8 Å². The van der Waals surface area contributed by atoms with Gasteiger partial charge < -0.3 is 4.74 Å². The van der Waals surface area contributed by atoms with Gasteiger partial charge in [-0.05, 0) is 57.8 Å². The molecule has 0 aromatic heterocycles. The zero-order valence-corrected chi connectivity index (χ0v) is 13.8. The van der Waals surface area contributed by atoms with Gasteiger partial charge in [-0.15, -0.1) is 0 Å². The molecule has 2 aliphatic carbocycles. The van der Waals surface area contributed by atoms with Crippen LogP contribution in [0.25, 0.3) is 0 Å². The molecule has 0 radical (unpaired) electrons. The summed E-state index contributed by atoms with van der Waals surface area (Å²) in [5.74, 6) is 1.52. The normalized spacial score (nSPS) is 37.8. The summed E-state index contributed by atoms with van der Waals surface area (Å²) < 4.78 is 6.61.